The molecule has 118 valence electrons. The van der Waals surface area contributed by atoms with Crippen molar-refractivity contribution >= 4 is 23.6 Å². The zero-order valence-electron chi connectivity index (χ0n) is 13.0. The molecule has 4 nitrogen and oxygen atoms in total. The number of amides is 1. The summed E-state index contributed by atoms with van der Waals surface area (Å²) in [6, 6.07) is 14.6. The fraction of sp³-hybridized carbons (Fsp3) is 0.263. The van der Waals surface area contributed by atoms with Gasteiger partial charge in [-0.05, 0) is 55.7 Å². The van der Waals surface area contributed by atoms with Crippen molar-refractivity contribution in [1.29, 1.82) is 0 Å². The molecule has 0 radical (unpaired) electrons. The standard InChI is InChI=1S/C19H20N2O2/c22-14-15-4-6-16(7-5-15)19(23)20-17-8-10-18(11-9-17)21-12-2-1-3-13-21/h4-11,14H,1-3,12-13H2,(H,20,23). The van der Waals surface area contributed by atoms with Gasteiger partial charge in [-0.1, -0.05) is 12.1 Å². The number of hydrogen-bond donors (Lipinski definition) is 1. The van der Waals surface area contributed by atoms with Crippen LogP contribution in [0.25, 0.3) is 0 Å². The van der Waals surface area contributed by atoms with Crippen molar-refractivity contribution in [3.63, 3.8) is 0 Å². The summed E-state index contributed by atoms with van der Waals surface area (Å²) >= 11 is 0. The predicted octanol–water partition coefficient (Wildman–Crippen LogP) is 3.74. The highest BCUT2D eigenvalue weighted by atomic mass is 16.1. The molecule has 0 spiro atoms. The van der Waals surface area contributed by atoms with Crippen molar-refractivity contribution in [3.8, 4) is 0 Å². The molecule has 1 heterocycles. The lowest BCUT2D eigenvalue weighted by Gasteiger charge is -2.28. The predicted molar refractivity (Wildman–Crippen MR) is 92.3 cm³/mol. The van der Waals surface area contributed by atoms with Crippen molar-refractivity contribution in [2.45, 2.75) is 19.3 Å². The number of carbonyl (C=O) groups is 2. The molecular formula is C19H20N2O2. The Morgan fingerprint density at radius 1 is 0.913 bits per heavy atom. The van der Waals surface area contributed by atoms with Gasteiger partial charge in [0.25, 0.3) is 5.91 Å². The molecule has 23 heavy (non-hydrogen) atoms. The fourth-order valence-electron chi connectivity index (χ4n) is 2.82. The molecule has 2 aromatic carbocycles. The Balaban J connectivity index is 1.64. The largest absolute Gasteiger partial charge is 0.372 e. The van der Waals surface area contributed by atoms with Gasteiger partial charge in [0.15, 0.2) is 0 Å². The van der Waals surface area contributed by atoms with Crippen LogP contribution in [-0.2, 0) is 0 Å². The first-order chi connectivity index (χ1) is 11.3. The maximum Gasteiger partial charge on any atom is 0.255 e. The van der Waals surface area contributed by atoms with Gasteiger partial charge >= 0.3 is 0 Å². The minimum atomic E-state index is -0.173. The Labute approximate surface area is 136 Å². The van der Waals surface area contributed by atoms with Crippen molar-refractivity contribution < 1.29 is 9.59 Å². The highest BCUT2D eigenvalue weighted by molar-refractivity contribution is 6.04. The number of nitrogens with zero attached hydrogens (tertiary/aromatic N) is 1. The molecular weight excluding hydrogens is 288 g/mol. The monoisotopic (exact) mass is 308 g/mol. The number of hydrogen-bond acceptors (Lipinski definition) is 3. The minimum Gasteiger partial charge on any atom is -0.372 e. The average Bonchev–Trinajstić information content (AvgIpc) is 2.63. The second-order valence-electron chi connectivity index (χ2n) is 5.79. The van der Waals surface area contributed by atoms with Crippen LogP contribution in [0, 0.1) is 0 Å². The van der Waals surface area contributed by atoms with Gasteiger partial charge < -0.3 is 10.2 Å². The number of carbonyl (C=O) groups excluding carboxylic acids is 2. The molecule has 1 aliphatic heterocycles. The molecule has 0 aliphatic carbocycles. The lowest BCUT2D eigenvalue weighted by molar-refractivity contribution is 0.102. The molecule has 3 rings (SSSR count). The molecule has 0 saturated carbocycles. The summed E-state index contributed by atoms with van der Waals surface area (Å²) in [6.45, 7) is 2.21. The van der Waals surface area contributed by atoms with Crippen LogP contribution in [0.15, 0.2) is 48.5 Å². The van der Waals surface area contributed by atoms with Crippen molar-refractivity contribution in [1.82, 2.24) is 0 Å². The maximum absolute atomic E-state index is 12.2. The normalized spacial score (nSPS) is 14.3. The van der Waals surface area contributed by atoms with Gasteiger partial charge in [-0.2, -0.15) is 0 Å². The lowest BCUT2D eigenvalue weighted by Crippen LogP contribution is -2.29. The average molecular weight is 308 g/mol. The Kier molecular flexibility index (Phi) is 4.71. The third kappa shape index (κ3) is 3.77. The van der Waals surface area contributed by atoms with Crippen LogP contribution in [0.4, 0.5) is 11.4 Å². The zero-order valence-corrected chi connectivity index (χ0v) is 13.0. The second kappa shape index (κ2) is 7.09. The summed E-state index contributed by atoms with van der Waals surface area (Å²) in [7, 11) is 0. The Hall–Kier alpha value is -2.62. The van der Waals surface area contributed by atoms with E-state index in [0.717, 1.165) is 25.1 Å². The van der Waals surface area contributed by atoms with Crippen molar-refractivity contribution in [2.75, 3.05) is 23.3 Å². The van der Waals surface area contributed by atoms with Gasteiger partial charge in [-0.15, -0.1) is 0 Å². The molecule has 4 heteroatoms. The number of piperidine rings is 1. The highest BCUT2D eigenvalue weighted by Crippen LogP contribution is 2.22. The van der Waals surface area contributed by atoms with E-state index in [4.69, 9.17) is 0 Å². The van der Waals surface area contributed by atoms with E-state index in [2.05, 4.69) is 22.3 Å². The first-order valence-corrected chi connectivity index (χ1v) is 7.98. The number of rotatable bonds is 4. The quantitative estimate of drug-likeness (QED) is 0.875. The first kappa shape index (κ1) is 15.3. The minimum absolute atomic E-state index is 0.173. The molecule has 1 fully saturated rings. The van der Waals surface area contributed by atoms with Crippen molar-refractivity contribution in [3.05, 3.63) is 59.7 Å². The van der Waals surface area contributed by atoms with Crippen LogP contribution < -0.4 is 10.2 Å². The number of nitrogens with one attached hydrogen (secondary N) is 1. The van der Waals surface area contributed by atoms with Gasteiger partial charge in [-0.3, -0.25) is 9.59 Å². The second-order valence-corrected chi connectivity index (χ2v) is 5.79. The SMILES string of the molecule is O=Cc1ccc(C(=O)Nc2ccc(N3CCCCC3)cc2)cc1. The third-order valence-electron chi connectivity index (χ3n) is 4.16. The summed E-state index contributed by atoms with van der Waals surface area (Å²) in [4.78, 5) is 25.2. The van der Waals surface area contributed by atoms with Gasteiger partial charge in [0, 0.05) is 35.6 Å². The van der Waals surface area contributed by atoms with E-state index in [-0.39, 0.29) is 5.91 Å². The van der Waals surface area contributed by atoms with Crippen LogP contribution in [0.5, 0.6) is 0 Å². The van der Waals surface area contributed by atoms with Crippen LogP contribution in [0.1, 0.15) is 40.0 Å². The summed E-state index contributed by atoms with van der Waals surface area (Å²) in [5, 5.41) is 2.88. The van der Waals surface area contributed by atoms with E-state index in [1.807, 2.05) is 12.1 Å². The summed E-state index contributed by atoms with van der Waals surface area (Å²) in [6.07, 6.45) is 4.57. The summed E-state index contributed by atoms with van der Waals surface area (Å²) < 4.78 is 0. The lowest BCUT2D eigenvalue weighted by atomic mass is 10.1. The topological polar surface area (TPSA) is 49.4 Å². The first-order valence-electron chi connectivity index (χ1n) is 7.98. The van der Waals surface area contributed by atoms with Crippen LogP contribution in [0.3, 0.4) is 0 Å². The fourth-order valence-corrected chi connectivity index (χ4v) is 2.82. The van der Waals surface area contributed by atoms with Gasteiger partial charge in [0.1, 0.15) is 6.29 Å². The van der Waals surface area contributed by atoms with Gasteiger partial charge in [0.2, 0.25) is 0 Å². The van der Waals surface area contributed by atoms with E-state index < -0.39 is 0 Å². The van der Waals surface area contributed by atoms with E-state index in [9.17, 15) is 9.59 Å². The third-order valence-corrected chi connectivity index (χ3v) is 4.16. The van der Waals surface area contributed by atoms with E-state index >= 15 is 0 Å². The van der Waals surface area contributed by atoms with E-state index in [0.29, 0.717) is 11.1 Å². The van der Waals surface area contributed by atoms with Gasteiger partial charge in [0.05, 0.1) is 0 Å². The zero-order chi connectivity index (χ0) is 16.1. The molecule has 2 aromatic rings. The van der Waals surface area contributed by atoms with Gasteiger partial charge in [-0.25, -0.2) is 0 Å². The Morgan fingerprint density at radius 3 is 2.17 bits per heavy atom. The maximum atomic E-state index is 12.2. The summed E-state index contributed by atoms with van der Waals surface area (Å²) in [5.74, 6) is -0.173. The number of aldehydes is 1. The molecule has 0 bridgehead atoms. The smallest absolute Gasteiger partial charge is 0.255 e. The Bertz CT molecular complexity index is 672. The highest BCUT2D eigenvalue weighted by Gasteiger charge is 2.11. The van der Waals surface area contributed by atoms with Crippen LogP contribution in [-0.4, -0.2) is 25.3 Å². The molecule has 1 amide bonds. The molecule has 0 atom stereocenters. The summed E-state index contributed by atoms with van der Waals surface area (Å²) in [5.41, 5.74) is 3.08. The molecule has 1 saturated heterocycles. The van der Waals surface area contributed by atoms with E-state index in [1.54, 1.807) is 24.3 Å². The molecule has 0 aromatic heterocycles. The Morgan fingerprint density at radius 2 is 1.57 bits per heavy atom. The molecule has 0 unspecified atom stereocenters. The van der Waals surface area contributed by atoms with E-state index in [1.165, 1.54) is 24.9 Å². The molecule has 1 aliphatic rings. The number of benzene rings is 2. The van der Waals surface area contributed by atoms with Crippen LogP contribution in [0.2, 0.25) is 0 Å². The number of anilines is 2. The van der Waals surface area contributed by atoms with Crippen LogP contribution >= 0.6 is 0 Å². The molecule has 1 N–H and O–H groups in total. The van der Waals surface area contributed by atoms with Crippen molar-refractivity contribution in [2.24, 2.45) is 0 Å².